The van der Waals surface area contributed by atoms with Crippen molar-refractivity contribution in [1.29, 1.82) is 0 Å². The summed E-state index contributed by atoms with van der Waals surface area (Å²) in [6, 6.07) is 17.8. The van der Waals surface area contributed by atoms with Gasteiger partial charge in [0.05, 0.1) is 6.04 Å². The normalized spacial score (nSPS) is 12.2. The number of carbonyl (C=O) groups excluding carboxylic acids is 1. The lowest BCUT2D eigenvalue weighted by Crippen LogP contribution is -2.37. The van der Waals surface area contributed by atoms with Crippen LogP contribution in [0.3, 0.4) is 0 Å². The van der Waals surface area contributed by atoms with Gasteiger partial charge in [0.1, 0.15) is 5.75 Å². The molecule has 0 spiro atoms. The standard InChI is InChI=1S/C21H28N2O2/c1-16(2)18-11-8-12-19(13-18)25-15-21(24)22-20(14-23(3)4)17-9-6-5-7-10-17/h5-13,16,20H,14-15H2,1-4H3,(H,22,24). The predicted molar refractivity (Wildman–Crippen MR) is 102 cm³/mol. The van der Waals surface area contributed by atoms with Gasteiger partial charge >= 0.3 is 0 Å². The minimum atomic E-state index is -0.120. The molecule has 0 aliphatic heterocycles. The van der Waals surface area contributed by atoms with E-state index in [1.807, 2.05) is 62.6 Å². The van der Waals surface area contributed by atoms with Crippen LogP contribution in [0.1, 0.15) is 36.9 Å². The van der Waals surface area contributed by atoms with E-state index in [9.17, 15) is 4.79 Å². The Morgan fingerprint density at radius 2 is 1.72 bits per heavy atom. The molecule has 4 heteroatoms. The number of benzene rings is 2. The number of ether oxygens (including phenoxy) is 1. The molecule has 25 heavy (non-hydrogen) atoms. The number of hydrogen-bond donors (Lipinski definition) is 1. The van der Waals surface area contributed by atoms with Crippen molar-refractivity contribution in [2.45, 2.75) is 25.8 Å². The summed E-state index contributed by atoms with van der Waals surface area (Å²) in [5.41, 5.74) is 2.29. The molecule has 2 aromatic carbocycles. The molecule has 0 bridgehead atoms. The van der Waals surface area contributed by atoms with Gasteiger partial charge in [0.25, 0.3) is 5.91 Å². The summed E-state index contributed by atoms with van der Waals surface area (Å²) in [5, 5.41) is 3.07. The van der Waals surface area contributed by atoms with Crippen molar-refractivity contribution in [1.82, 2.24) is 10.2 Å². The zero-order chi connectivity index (χ0) is 18.2. The van der Waals surface area contributed by atoms with Crippen LogP contribution in [-0.2, 0) is 4.79 Å². The highest BCUT2D eigenvalue weighted by Crippen LogP contribution is 2.20. The van der Waals surface area contributed by atoms with Crippen molar-refractivity contribution in [2.24, 2.45) is 0 Å². The van der Waals surface area contributed by atoms with Crippen LogP contribution in [0.2, 0.25) is 0 Å². The minimum absolute atomic E-state index is 0.0122. The number of rotatable bonds is 8. The minimum Gasteiger partial charge on any atom is -0.484 e. The van der Waals surface area contributed by atoms with Crippen molar-refractivity contribution >= 4 is 5.91 Å². The fraction of sp³-hybridized carbons (Fsp3) is 0.381. The lowest BCUT2D eigenvalue weighted by molar-refractivity contribution is -0.124. The topological polar surface area (TPSA) is 41.6 Å². The number of carbonyl (C=O) groups is 1. The fourth-order valence-corrected chi connectivity index (χ4v) is 2.63. The van der Waals surface area contributed by atoms with Crippen LogP contribution >= 0.6 is 0 Å². The first kappa shape index (κ1) is 19.0. The van der Waals surface area contributed by atoms with E-state index in [1.165, 1.54) is 5.56 Å². The highest BCUT2D eigenvalue weighted by molar-refractivity contribution is 5.78. The molecule has 1 atom stereocenters. The zero-order valence-electron chi connectivity index (χ0n) is 15.5. The third-order valence-corrected chi connectivity index (χ3v) is 3.98. The molecule has 2 rings (SSSR count). The molecule has 1 amide bonds. The first-order valence-electron chi connectivity index (χ1n) is 8.67. The van der Waals surface area contributed by atoms with Gasteiger partial charge < -0.3 is 15.0 Å². The summed E-state index contributed by atoms with van der Waals surface area (Å²) >= 11 is 0. The van der Waals surface area contributed by atoms with Crippen molar-refractivity contribution in [3.8, 4) is 5.75 Å². The average Bonchev–Trinajstić information content (AvgIpc) is 2.60. The Labute approximate surface area is 150 Å². The van der Waals surface area contributed by atoms with E-state index in [-0.39, 0.29) is 18.6 Å². The van der Waals surface area contributed by atoms with E-state index in [2.05, 4.69) is 30.1 Å². The Morgan fingerprint density at radius 1 is 1.04 bits per heavy atom. The first-order valence-corrected chi connectivity index (χ1v) is 8.67. The number of likely N-dealkylation sites (N-methyl/N-ethyl adjacent to an activating group) is 1. The van der Waals surface area contributed by atoms with Crippen LogP contribution in [0.25, 0.3) is 0 Å². The summed E-state index contributed by atoms with van der Waals surface area (Å²) < 4.78 is 5.67. The molecule has 0 saturated carbocycles. The molecule has 1 N–H and O–H groups in total. The summed E-state index contributed by atoms with van der Waals surface area (Å²) in [6.45, 7) is 5.02. The molecule has 4 nitrogen and oxygen atoms in total. The van der Waals surface area contributed by atoms with Crippen LogP contribution in [-0.4, -0.2) is 38.1 Å². The van der Waals surface area contributed by atoms with Crippen LogP contribution in [0.5, 0.6) is 5.75 Å². The Kier molecular flexibility index (Phi) is 7.02. The number of hydrogen-bond acceptors (Lipinski definition) is 3. The molecule has 1 unspecified atom stereocenters. The average molecular weight is 340 g/mol. The molecule has 0 aromatic heterocycles. The monoisotopic (exact) mass is 340 g/mol. The maximum atomic E-state index is 12.3. The second-order valence-corrected chi connectivity index (χ2v) is 6.81. The van der Waals surface area contributed by atoms with Gasteiger partial charge in [-0.3, -0.25) is 4.79 Å². The maximum absolute atomic E-state index is 12.3. The Morgan fingerprint density at radius 3 is 2.36 bits per heavy atom. The molecule has 0 saturated heterocycles. The molecule has 0 aliphatic carbocycles. The molecule has 2 aromatic rings. The third kappa shape index (κ3) is 6.24. The highest BCUT2D eigenvalue weighted by atomic mass is 16.5. The Balaban J connectivity index is 1.96. The van der Waals surface area contributed by atoms with Crippen molar-refractivity contribution in [3.05, 3.63) is 65.7 Å². The largest absolute Gasteiger partial charge is 0.484 e. The molecule has 0 fully saturated rings. The van der Waals surface area contributed by atoms with E-state index in [1.54, 1.807) is 0 Å². The fourth-order valence-electron chi connectivity index (χ4n) is 2.63. The second kappa shape index (κ2) is 9.23. The van der Waals surface area contributed by atoms with Gasteiger partial charge in [-0.05, 0) is 43.3 Å². The van der Waals surface area contributed by atoms with Gasteiger partial charge in [-0.15, -0.1) is 0 Å². The molecule has 0 heterocycles. The summed E-state index contributed by atoms with van der Waals surface area (Å²) in [6.07, 6.45) is 0. The van der Waals surface area contributed by atoms with Crippen molar-refractivity contribution in [2.75, 3.05) is 27.2 Å². The van der Waals surface area contributed by atoms with Crippen molar-refractivity contribution < 1.29 is 9.53 Å². The van der Waals surface area contributed by atoms with Crippen LogP contribution < -0.4 is 10.1 Å². The SMILES string of the molecule is CC(C)c1cccc(OCC(=O)NC(CN(C)C)c2ccccc2)c1. The number of amides is 1. The lowest BCUT2D eigenvalue weighted by Gasteiger charge is -2.23. The third-order valence-electron chi connectivity index (χ3n) is 3.98. The van der Waals surface area contributed by atoms with Gasteiger partial charge in [0, 0.05) is 6.54 Å². The van der Waals surface area contributed by atoms with E-state index in [0.717, 1.165) is 17.9 Å². The summed E-state index contributed by atoms with van der Waals surface area (Å²) in [4.78, 5) is 14.4. The number of nitrogens with zero attached hydrogens (tertiary/aromatic N) is 1. The van der Waals surface area contributed by atoms with Gasteiger partial charge in [-0.1, -0.05) is 56.3 Å². The number of nitrogens with one attached hydrogen (secondary N) is 1. The Bertz CT molecular complexity index is 669. The van der Waals surface area contributed by atoms with Gasteiger partial charge in [-0.2, -0.15) is 0 Å². The smallest absolute Gasteiger partial charge is 0.258 e. The Hall–Kier alpha value is -2.33. The van der Waals surface area contributed by atoms with Crippen LogP contribution in [0, 0.1) is 0 Å². The molecule has 134 valence electrons. The van der Waals surface area contributed by atoms with E-state index < -0.39 is 0 Å². The molecular formula is C21H28N2O2. The van der Waals surface area contributed by atoms with E-state index in [4.69, 9.17) is 4.74 Å². The predicted octanol–water partition coefficient (Wildman–Crippen LogP) is 3.61. The van der Waals surface area contributed by atoms with E-state index in [0.29, 0.717) is 5.92 Å². The molecular weight excluding hydrogens is 312 g/mol. The van der Waals surface area contributed by atoms with Crippen LogP contribution in [0.4, 0.5) is 0 Å². The van der Waals surface area contributed by atoms with Crippen molar-refractivity contribution in [3.63, 3.8) is 0 Å². The molecule has 0 radical (unpaired) electrons. The first-order chi connectivity index (χ1) is 12.0. The molecule has 0 aliphatic rings. The maximum Gasteiger partial charge on any atom is 0.258 e. The quantitative estimate of drug-likeness (QED) is 0.798. The van der Waals surface area contributed by atoms with E-state index >= 15 is 0 Å². The summed E-state index contributed by atoms with van der Waals surface area (Å²) in [5.74, 6) is 1.04. The summed E-state index contributed by atoms with van der Waals surface area (Å²) in [7, 11) is 3.99. The second-order valence-electron chi connectivity index (χ2n) is 6.81. The van der Waals surface area contributed by atoms with Crippen LogP contribution in [0.15, 0.2) is 54.6 Å². The zero-order valence-corrected chi connectivity index (χ0v) is 15.5. The van der Waals surface area contributed by atoms with Gasteiger partial charge in [-0.25, -0.2) is 0 Å². The highest BCUT2D eigenvalue weighted by Gasteiger charge is 2.15. The van der Waals surface area contributed by atoms with Gasteiger partial charge in [0.15, 0.2) is 6.61 Å². The van der Waals surface area contributed by atoms with Gasteiger partial charge in [0.2, 0.25) is 0 Å². The lowest BCUT2D eigenvalue weighted by atomic mass is 10.0.